The molecule has 17 heavy (non-hydrogen) atoms. The maximum absolute atomic E-state index is 11.9. The Balaban J connectivity index is 1.96. The van der Waals surface area contributed by atoms with Crippen molar-refractivity contribution in [2.24, 2.45) is 0 Å². The van der Waals surface area contributed by atoms with Crippen molar-refractivity contribution in [3.8, 4) is 0 Å². The molecular formula is C11H18N4OS. The number of aryl methyl sites for hydroxylation is 1. The molecule has 0 aromatic carbocycles. The van der Waals surface area contributed by atoms with E-state index in [1.165, 1.54) is 12.8 Å². The van der Waals surface area contributed by atoms with Gasteiger partial charge in [-0.2, -0.15) is 11.8 Å². The number of carbonyl (C=O) groups excluding carboxylic acids is 1. The van der Waals surface area contributed by atoms with Crippen molar-refractivity contribution < 1.29 is 4.79 Å². The highest BCUT2D eigenvalue weighted by molar-refractivity contribution is 7.99. The number of nitrogens with one attached hydrogen (secondary N) is 2. The van der Waals surface area contributed by atoms with Gasteiger partial charge in [0.25, 0.3) is 5.91 Å². The number of H-pyrrole nitrogens is 1. The zero-order valence-electron chi connectivity index (χ0n) is 10.2. The van der Waals surface area contributed by atoms with Crippen molar-refractivity contribution in [2.45, 2.75) is 43.9 Å². The van der Waals surface area contributed by atoms with Gasteiger partial charge in [-0.05, 0) is 19.1 Å². The summed E-state index contributed by atoms with van der Waals surface area (Å²) in [4.78, 5) is 16.1. The third-order valence-electron chi connectivity index (χ3n) is 3.14. The third kappa shape index (κ3) is 2.80. The van der Waals surface area contributed by atoms with Crippen molar-refractivity contribution >= 4 is 17.7 Å². The highest BCUT2D eigenvalue weighted by Crippen LogP contribution is 2.28. The predicted octanol–water partition coefficient (Wildman–Crippen LogP) is 1.38. The highest BCUT2D eigenvalue weighted by Gasteiger charge is 2.28. The van der Waals surface area contributed by atoms with Gasteiger partial charge in [0, 0.05) is 17.7 Å². The first kappa shape index (κ1) is 12.4. The number of rotatable bonds is 4. The fraction of sp³-hybridized carbons (Fsp3) is 0.727. The molecular weight excluding hydrogens is 236 g/mol. The molecule has 0 spiro atoms. The quantitative estimate of drug-likeness (QED) is 0.851. The van der Waals surface area contributed by atoms with E-state index in [0.717, 1.165) is 18.7 Å². The molecule has 1 saturated carbocycles. The number of hydrogen-bond acceptors (Lipinski definition) is 4. The zero-order chi connectivity index (χ0) is 12.3. The van der Waals surface area contributed by atoms with E-state index in [1.807, 2.05) is 18.7 Å². The number of thioether (sulfide) groups is 1. The second-order valence-corrected chi connectivity index (χ2v) is 5.32. The Morgan fingerprint density at radius 2 is 2.41 bits per heavy atom. The van der Waals surface area contributed by atoms with Crippen LogP contribution in [0.3, 0.4) is 0 Å². The van der Waals surface area contributed by atoms with Gasteiger partial charge in [-0.15, -0.1) is 5.10 Å². The smallest absolute Gasteiger partial charge is 0.291 e. The molecule has 94 valence electrons. The molecule has 2 rings (SSSR count). The van der Waals surface area contributed by atoms with E-state index < -0.39 is 0 Å². The molecule has 1 aliphatic rings. The fourth-order valence-electron chi connectivity index (χ4n) is 2.16. The van der Waals surface area contributed by atoms with E-state index in [4.69, 9.17) is 0 Å². The van der Waals surface area contributed by atoms with E-state index in [1.54, 1.807) is 0 Å². The molecule has 1 fully saturated rings. The summed E-state index contributed by atoms with van der Waals surface area (Å²) in [7, 11) is 0. The lowest BCUT2D eigenvalue weighted by molar-refractivity contribution is 0.0928. The number of aromatic amines is 1. The summed E-state index contributed by atoms with van der Waals surface area (Å²) < 4.78 is 0. The molecule has 6 heteroatoms. The van der Waals surface area contributed by atoms with Gasteiger partial charge in [0.2, 0.25) is 5.82 Å². The first-order valence-electron chi connectivity index (χ1n) is 5.99. The molecule has 1 aliphatic carbocycles. The van der Waals surface area contributed by atoms with Crippen molar-refractivity contribution in [3.63, 3.8) is 0 Å². The minimum Gasteiger partial charge on any atom is -0.345 e. The summed E-state index contributed by atoms with van der Waals surface area (Å²) in [6, 6.07) is 0.265. The molecule has 1 heterocycles. The first-order valence-corrected chi connectivity index (χ1v) is 7.28. The summed E-state index contributed by atoms with van der Waals surface area (Å²) in [6.45, 7) is 1.98. The average molecular weight is 254 g/mol. The Morgan fingerprint density at radius 3 is 3.06 bits per heavy atom. The van der Waals surface area contributed by atoms with Crippen molar-refractivity contribution in [1.29, 1.82) is 0 Å². The number of amides is 1. The average Bonchev–Trinajstić information content (AvgIpc) is 2.96. The van der Waals surface area contributed by atoms with Gasteiger partial charge in [-0.1, -0.05) is 13.3 Å². The van der Waals surface area contributed by atoms with Crippen LogP contribution in [-0.4, -0.2) is 38.6 Å². The van der Waals surface area contributed by atoms with Gasteiger partial charge < -0.3 is 5.32 Å². The molecule has 0 saturated heterocycles. The van der Waals surface area contributed by atoms with Gasteiger partial charge in [0.05, 0.1) is 0 Å². The molecule has 5 nitrogen and oxygen atoms in total. The lowest BCUT2D eigenvalue weighted by atomic mass is 10.2. The SMILES string of the molecule is CCc1nc(C(=O)NC2CCCC2SC)n[nH]1. The second-order valence-electron chi connectivity index (χ2n) is 4.24. The molecule has 2 atom stereocenters. The largest absolute Gasteiger partial charge is 0.345 e. The monoisotopic (exact) mass is 254 g/mol. The Labute approximate surface area is 105 Å². The van der Waals surface area contributed by atoms with Crippen molar-refractivity contribution in [3.05, 3.63) is 11.6 Å². The van der Waals surface area contributed by atoms with Crippen LogP contribution in [0.1, 0.15) is 42.6 Å². The van der Waals surface area contributed by atoms with Crippen LogP contribution in [0, 0.1) is 0 Å². The van der Waals surface area contributed by atoms with Gasteiger partial charge in [-0.3, -0.25) is 9.89 Å². The molecule has 0 bridgehead atoms. The Morgan fingerprint density at radius 1 is 1.59 bits per heavy atom. The standard InChI is InChI=1S/C11H18N4OS/c1-3-9-13-10(15-14-9)11(16)12-7-5-4-6-8(7)17-2/h7-8H,3-6H2,1-2H3,(H,12,16)(H,13,14,15). The molecule has 2 unspecified atom stereocenters. The van der Waals surface area contributed by atoms with Gasteiger partial charge in [-0.25, -0.2) is 4.98 Å². The predicted molar refractivity (Wildman–Crippen MR) is 68.2 cm³/mol. The van der Waals surface area contributed by atoms with E-state index in [2.05, 4.69) is 26.8 Å². The van der Waals surface area contributed by atoms with Gasteiger partial charge in [0.15, 0.2) is 0 Å². The van der Waals surface area contributed by atoms with Crippen LogP contribution in [0.25, 0.3) is 0 Å². The second kappa shape index (κ2) is 5.53. The highest BCUT2D eigenvalue weighted by atomic mass is 32.2. The number of carbonyl (C=O) groups is 1. The minimum atomic E-state index is -0.160. The lowest BCUT2D eigenvalue weighted by Crippen LogP contribution is -2.39. The van der Waals surface area contributed by atoms with Crippen LogP contribution >= 0.6 is 11.8 Å². The summed E-state index contributed by atoms with van der Waals surface area (Å²) in [6.07, 6.45) is 6.28. The number of hydrogen-bond donors (Lipinski definition) is 2. The first-order chi connectivity index (χ1) is 8.24. The summed E-state index contributed by atoms with van der Waals surface area (Å²) in [5, 5.41) is 10.2. The topological polar surface area (TPSA) is 70.7 Å². The summed E-state index contributed by atoms with van der Waals surface area (Å²) >= 11 is 1.82. The molecule has 1 aromatic heterocycles. The maximum Gasteiger partial charge on any atom is 0.291 e. The Bertz CT molecular complexity index is 393. The van der Waals surface area contributed by atoms with E-state index in [-0.39, 0.29) is 17.8 Å². The van der Waals surface area contributed by atoms with E-state index in [0.29, 0.717) is 5.25 Å². The summed E-state index contributed by atoms with van der Waals surface area (Å²) in [5.74, 6) is 0.850. The van der Waals surface area contributed by atoms with Crippen LogP contribution in [0.5, 0.6) is 0 Å². The molecule has 2 N–H and O–H groups in total. The van der Waals surface area contributed by atoms with E-state index >= 15 is 0 Å². The molecule has 1 amide bonds. The maximum atomic E-state index is 11.9. The van der Waals surface area contributed by atoms with E-state index in [9.17, 15) is 4.79 Å². The Hall–Kier alpha value is -1.04. The fourth-order valence-corrected chi connectivity index (χ4v) is 3.10. The van der Waals surface area contributed by atoms with Crippen LogP contribution in [-0.2, 0) is 6.42 Å². The molecule has 1 aromatic rings. The van der Waals surface area contributed by atoms with Gasteiger partial charge in [0.1, 0.15) is 5.82 Å². The molecule has 0 aliphatic heterocycles. The minimum absolute atomic E-state index is 0.160. The Kier molecular flexibility index (Phi) is 4.04. The zero-order valence-corrected chi connectivity index (χ0v) is 11.0. The van der Waals surface area contributed by atoms with Crippen molar-refractivity contribution in [1.82, 2.24) is 20.5 Å². The number of nitrogens with zero attached hydrogens (tertiary/aromatic N) is 2. The molecule has 0 radical (unpaired) electrons. The van der Waals surface area contributed by atoms with Crippen LogP contribution in [0.15, 0.2) is 0 Å². The third-order valence-corrected chi connectivity index (χ3v) is 4.31. The lowest BCUT2D eigenvalue weighted by Gasteiger charge is -2.17. The van der Waals surface area contributed by atoms with Gasteiger partial charge >= 0.3 is 0 Å². The number of aromatic nitrogens is 3. The normalized spacial score (nSPS) is 23.9. The van der Waals surface area contributed by atoms with Crippen LogP contribution in [0.2, 0.25) is 0 Å². The van der Waals surface area contributed by atoms with Crippen LogP contribution < -0.4 is 5.32 Å². The van der Waals surface area contributed by atoms with Crippen LogP contribution in [0.4, 0.5) is 0 Å². The summed E-state index contributed by atoms with van der Waals surface area (Å²) in [5.41, 5.74) is 0. The van der Waals surface area contributed by atoms with Crippen molar-refractivity contribution in [2.75, 3.05) is 6.26 Å².